The van der Waals surface area contributed by atoms with E-state index in [0.29, 0.717) is 29.9 Å². The number of ketones is 1. The van der Waals surface area contributed by atoms with Crippen molar-refractivity contribution in [2.75, 3.05) is 7.11 Å². The van der Waals surface area contributed by atoms with E-state index in [4.69, 9.17) is 4.74 Å². The summed E-state index contributed by atoms with van der Waals surface area (Å²) in [4.78, 5) is 16.5. The molecule has 0 aromatic carbocycles. The number of hydrogen-bond donors (Lipinski definition) is 0. The summed E-state index contributed by atoms with van der Waals surface area (Å²) in [6, 6.07) is 3.74. The van der Waals surface area contributed by atoms with E-state index in [1.54, 1.807) is 13.3 Å². The van der Waals surface area contributed by atoms with Crippen molar-refractivity contribution in [2.45, 2.75) is 39.5 Å². The van der Waals surface area contributed by atoms with Gasteiger partial charge in [-0.15, -0.1) is 0 Å². The van der Waals surface area contributed by atoms with Gasteiger partial charge in [-0.05, 0) is 36.7 Å². The Morgan fingerprint density at radius 1 is 1.26 bits per heavy atom. The van der Waals surface area contributed by atoms with E-state index in [1.807, 2.05) is 12.1 Å². The summed E-state index contributed by atoms with van der Waals surface area (Å²) in [6.07, 6.45) is 5.60. The van der Waals surface area contributed by atoms with Gasteiger partial charge in [0.25, 0.3) is 0 Å². The first-order valence-electron chi connectivity index (χ1n) is 7.10. The highest BCUT2D eigenvalue weighted by atomic mass is 16.5. The molecule has 0 radical (unpaired) electrons. The minimum atomic E-state index is 0.237. The van der Waals surface area contributed by atoms with Crippen molar-refractivity contribution < 1.29 is 9.53 Å². The Morgan fingerprint density at radius 2 is 1.95 bits per heavy atom. The number of ether oxygens (including phenoxy) is 1. The normalized spacial score (nSPS) is 27.0. The van der Waals surface area contributed by atoms with E-state index in [0.717, 1.165) is 18.4 Å². The predicted molar refractivity (Wildman–Crippen MR) is 75.2 cm³/mol. The molecule has 3 nitrogen and oxygen atoms in total. The van der Waals surface area contributed by atoms with Gasteiger partial charge in [0.1, 0.15) is 5.78 Å². The second-order valence-electron chi connectivity index (χ2n) is 5.97. The fourth-order valence-electron chi connectivity index (χ4n) is 3.19. The highest BCUT2D eigenvalue weighted by Gasteiger charge is 2.28. The average Bonchev–Trinajstić information content (AvgIpc) is 2.38. The minimum Gasteiger partial charge on any atom is -0.481 e. The standard InChI is InChI=1S/C16H23NO2/c1-11-6-12(2)8-14(7-11)15(18)9-13-4-5-16(19-3)17-10-13/h4-5,10-12,14H,6-9H2,1-3H3. The van der Waals surface area contributed by atoms with E-state index in [-0.39, 0.29) is 5.92 Å². The van der Waals surface area contributed by atoms with Crippen LogP contribution in [0.1, 0.15) is 38.7 Å². The summed E-state index contributed by atoms with van der Waals surface area (Å²) in [5.74, 6) is 2.54. The molecule has 2 atom stereocenters. The van der Waals surface area contributed by atoms with Gasteiger partial charge < -0.3 is 4.74 Å². The van der Waals surface area contributed by atoms with Crippen LogP contribution in [0.25, 0.3) is 0 Å². The van der Waals surface area contributed by atoms with E-state index in [9.17, 15) is 4.79 Å². The van der Waals surface area contributed by atoms with Crippen molar-refractivity contribution in [3.63, 3.8) is 0 Å². The summed E-state index contributed by atoms with van der Waals surface area (Å²) >= 11 is 0. The summed E-state index contributed by atoms with van der Waals surface area (Å²) in [7, 11) is 1.60. The Labute approximate surface area is 115 Å². The number of hydrogen-bond acceptors (Lipinski definition) is 3. The molecule has 1 fully saturated rings. The maximum absolute atomic E-state index is 12.4. The molecule has 1 aliphatic carbocycles. The monoisotopic (exact) mass is 261 g/mol. The summed E-state index contributed by atoms with van der Waals surface area (Å²) in [5, 5.41) is 0. The molecule has 0 aliphatic heterocycles. The van der Waals surface area contributed by atoms with Gasteiger partial charge in [0, 0.05) is 24.6 Å². The molecular weight excluding hydrogens is 238 g/mol. The number of rotatable bonds is 4. The first kappa shape index (κ1) is 14.0. The van der Waals surface area contributed by atoms with Crippen LogP contribution in [0.2, 0.25) is 0 Å². The van der Waals surface area contributed by atoms with Gasteiger partial charge in [0.15, 0.2) is 0 Å². The zero-order valence-electron chi connectivity index (χ0n) is 12.1. The van der Waals surface area contributed by atoms with Gasteiger partial charge in [-0.3, -0.25) is 4.79 Å². The Bertz CT molecular complexity index is 417. The van der Waals surface area contributed by atoms with Crippen LogP contribution < -0.4 is 4.74 Å². The number of carbonyl (C=O) groups is 1. The van der Waals surface area contributed by atoms with Crippen molar-refractivity contribution in [3.05, 3.63) is 23.9 Å². The maximum Gasteiger partial charge on any atom is 0.212 e. The number of nitrogens with zero attached hydrogens (tertiary/aromatic N) is 1. The van der Waals surface area contributed by atoms with Crippen LogP contribution in [0, 0.1) is 17.8 Å². The van der Waals surface area contributed by atoms with Gasteiger partial charge in [0.05, 0.1) is 7.11 Å². The van der Waals surface area contributed by atoms with Crippen LogP contribution in [0.5, 0.6) is 5.88 Å². The lowest BCUT2D eigenvalue weighted by Crippen LogP contribution is -2.27. The molecule has 1 aromatic rings. The number of pyridine rings is 1. The van der Waals surface area contributed by atoms with Crippen molar-refractivity contribution in [2.24, 2.45) is 17.8 Å². The Balaban J connectivity index is 1.96. The zero-order chi connectivity index (χ0) is 13.8. The largest absolute Gasteiger partial charge is 0.481 e. The average molecular weight is 261 g/mol. The fraction of sp³-hybridized carbons (Fsp3) is 0.625. The molecule has 2 rings (SSSR count). The van der Waals surface area contributed by atoms with Crippen molar-refractivity contribution in [3.8, 4) is 5.88 Å². The molecule has 0 spiro atoms. The van der Waals surface area contributed by atoms with Crippen LogP contribution in [0.4, 0.5) is 0 Å². The van der Waals surface area contributed by atoms with Crippen LogP contribution in [-0.4, -0.2) is 17.9 Å². The third-order valence-corrected chi connectivity index (χ3v) is 4.02. The highest BCUT2D eigenvalue weighted by Crippen LogP contribution is 2.33. The maximum atomic E-state index is 12.4. The topological polar surface area (TPSA) is 39.2 Å². The quantitative estimate of drug-likeness (QED) is 0.835. The molecule has 2 unspecified atom stereocenters. The molecule has 0 saturated heterocycles. The smallest absolute Gasteiger partial charge is 0.212 e. The fourth-order valence-corrected chi connectivity index (χ4v) is 3.19. The Kier molecular flexibility index (Phi) is 4.56. The number of carbonyl (C=O) groups excluding carboxylic acids is 1. The first-order valence-corrected chi connectivity index (χ1v) is 7.10. The lowest BCUT2D eigenvalue weighted by Gasteiger charge is -2.30. The predicted octanol–water partition coefficient (Wildman–Crippen LogP) is 3.27. The van der Waals surface area contributed by atoms with Crippen molar-refractivity contribution >= 4 is 5.78 Å². The molecule has 1 aliphatic rings. The first-order chi connectivity index (χ1) is 9.08. The SMILES string of the molecule is COc1ccc(CC(=O)C2CC(C)CC(C)C2)cn1. The molecular formula is C16H23NO2. The van der Waals surface area contributed by atoms with E-state index in [1.165, 1.54) is 6.42 Å². The Morgan fingerprint density at radius 3 is 2.47 bits per heavy atom. The Hall–Kier alpha value is -1.38. The molecule has 0 amide bonds. The molecule has 1 aromatic heterocycles. The second kappa shape index (κ2) is 6.18. The zero-order valence-corrected chi connectivity index (χ0v) is 12.1. The third-order valence-electron chi connectivity index (χ3n) is 4.02. The lowest BCUT2D eigenvalue weighted by molar-refractivity contribution is -0.124. The molecule has 104 valence electrons. The second-order valence-corrected chi connectivity index (χ2v) is 5.97. The van der Waals surface area contributed by atoms with Gasteiger partial charge in [-0.25, -0.2) is 4.98 Å². The van der Waals surface area contributed by atoms with E-state index in [2.05, 4.69) is 18.8 Å². The summed E-state index contributed by atoms with van der Waals surface area (Å²) in [6.45, 7) is 4.51. The molecule has 0 N–H and O–H groups in total. The molecule has 1 heterocycles. The van der Waals surface area contributed by atoms with Crippen LogP contribution in [-0.2, 0) is 11.2 Å². The van der Waals surface area contributed by atoms with Crippen LogP contribution in [0.15, 0.2) is 18.3 Å². The number of methoxy groups -OCH3 is 1. The van der Waals surface area contributed by atoms with Crippen LogP contribution >= 0.6 is 0 Å². The summed E-state index contributed by atoms with van der Waals surface area (Å²) < 4.78 is 5.02. The van der Waals surface area contributed by atoms with E-state index < -0.39 is 0 Å². The lowest BCUT2D eigenvalue weighted by atomic mass is 9.74. The number of aromatic nitrogens is 1. The molecule has 19 heavy (non-hydrogen) atoms. The van der Waals surface area contributed by atoms with Gasteiger partial charge in [-0.2, -0.15) is 0 Å². The van der Waals surface area contributed by atoms with Gasteiger partial charge in [0.2, 0.25) is 5.88 Å². The molecule has 1 saturated carbocycles. The van der Waals surface area contributed by atoms with Gasteiger partial charge in [-0.1, -0.05) is 19.9 Å². The minimum absolute atomic E-state index is 0.237. The van der Waals surface area contributed by atoms with Crippen molar-refractivity contribution in [1.29, 1.82) is 0 Å². The molecule has 0 bridgehead atoms. The van der Waals surface area contributed by atoms with Crippen LogP contribution in [0.3, 0.4) is 0 Å². The number of Topliss-reactive ketones (excluding diaryl/α,β-unsaturated/α-hetero) is 1. The third kappa shape index (κ3) is 3.79. The summed E-state index contributed by atoms with van der Waals surface area (Å²) in [5.41, 5.74) is 0.983. The highest BCUT2D eigenvalue weighted by molar-refractivity contribution is 5.83. The van der Waals surface area contributed by atoms with Crippen molar-refractivity contribution in [1.82, 2.24) is 4.98 Å². The van der Waals surface area contributed by atoms with Gasteiger partial charge >= 0.3 is 0 Å². The van der Waals surface area contributed by atoms with E-state index >= 15 is 0 Å². The molecule has 3 heteroatoms.